The quantitative estimate of drug-likeness (QED) is 0.0222. The molecule has 0 rings (SSSR count). The van der Waals surface area contributed by atoms with Crippen molar-refractivity contribution < 1.29 is 80.2 Å². The van der Waals surface area contributed by atoms with E-state index in [0.717, 1.165) is 102 Å². The highest BCUT2D eigenvalue weighted by molar-refractivity contribution is 7.47. The first kappa shape index (κ1) is 88.1. The summed E-state index contributed by atoms with van der Waals surface area (Å²) < 4.78 is 68.3. The van der Waals surface area contributed by atoms with Gasteiger partial charge in [0.05, 0.1) is 26.4 Å². The van der Waals surface area contributed by atoms with Crippen molar-refractivity contribution in [3.8, 4) is 0 Å². The maximum atomic E-state index is 13.0. The van der Waals surface area contributed by atoms with Crippen LogP contribution < -0.4 is 0 Å². The van der Waals surface area contributed by atoms with E-state index in [4.69, 9.17) is 37.0 Å². The topological polar surface area (TPSA) is 237 Å². The van der Waals surface area contributed by atoms with Crippen LogP contribution in [-0.4, -0.2) is 96.7 Å². The van der Waals surface area contributed by atoms with Crippen LogP contribution in [0.15, 0.2) is 0 Å². The Morgan fingerprint density at radius 1 is 0.322 bits per heavy atom. The zero-order chi connectivity index (χ0) is 66.5. The Morgan fingerprint density at radius 3 is 0.844 bits per heavy atom. The van der Waals surface area contributed by atoms with E-state index in [1.807, 2.05) is 0 Å². The predicted octanol–water partition coefficient (Wildman–Crippen LogP) is 20.4. The maximum Gasteiger partial charge on any atom is 0.472 e. The van der Waals surface area contributed by atoms with Gasteiger partial charge in [0.25, 0.3) is 0 Å². The summed E-state index contributed by atoms with van der Waals surface area (Å²) in [4.78, 5) is 72.6. The van der Waals surface area contributed by atoms with Crippen LogP contribution >= 0.6 is 15.6 Å². The molecule has 90 heavy (non-hydrogen) atoms. The normalized spacial score (nSPS) is 14.4. The second-order valence-electron chi connectivity index (χ2n) is 26.3. The molecule has 0 aliphatic heterocycles. The van der Waals surface area contributed by atoms with Crippen LogP contribution in [0.4, 0.5) is 0 Å². The molecule has 0 heterocycles. The monoisotopic (exact) mass is 1320 g/mol. The molecule has 0 aromatic heterocycles. The number of hydrogen-bond donors (Lipinski definition) is 3. The average Bonchev–Trinajstić information content (AvgIpc) is 2.32. The lowest BCUT2D eigenvalue weighted by Crippen LogP contribution is -2.30. The number of carbonyl (C=O) groups excluding carboxylic acids is 4. The maximum absolute atomic E-state index is 13.0. The standard InChI is InChI=1S/C71H138O17P2/c1-7-10-12-14-16-18-20-22-29-35-41-47-53-68(73)81-59-66(87-70(75)55-49-43-37-30-23-21-19-17-15-13-11-8-2)61-85-89(77,78)83-57-65(72)58-84-90(79,80)86-62-67(60-82-69(74)54-48-42-36-32-26-27-33-39-45-51-63(4)5)88-71(76)56-50-44-38-31-25-24-28-34-40-46-52-64(6)9-3/h63-67,72H,7-62H2,1-6H3,(H,77,78)(H,79,80)/t64?,65-,66+,67+/m0/s1. The third kappa shape index (κ3) is 63.5. The van der Waals surface area contributed by atoms with E-state index in [1.54, 1.807) is 0 Å². The first-order valence-electron chi connectivity index (χ1n) is 37.0. The Hall–Kier alpha value is -1.94. The number of ether oxygens (including phenoxy) is 4. The van der Waals surface area contributed by atoms with Crippen molar-refractivity contribution in [3.63, 3.8) is 0 Å². The molecule has 0 aliphatic rings. The second kappa shape index (κ2) is 63.1. The van der Waals surface area contributed by atoms with Gasteiger partial charge in [0.15, 0.2) is 12.2 Å². The molecule has 6 atom stereocenters. The van der Waals surface area contributed by atoms with Gasteiger partial charge in [-0.1, -0.05) is 311 Å². The third-order valence-corrected chi connectivity index (χ3v) is 18.7. The van der Waals surface area contributed by atoms with Gasteiger partial charge in [0, 0.05) is 25.7 Å². The van der Waals surface area contributed by atoms with Crippen LogP contribution in [0.2, 0.25) is 0 Å². The molecular weight excluding hydrogens is 1190 g/mol. The third-order valence-electron chi connectivity index (χ3n) is 16.8. The molecule has 3 N–H and O–H groups in total. The second-order valence-corrected chi connectivity index (χ2v) is 29.3. The Labute approximate surface area is 549 Å². The lowest BCUT2D eigenvalue weighted by molar-refractivity contribution is -0.161. The minimum atomic E-state index is -4.95. The van der Waals surface area contributed by atoms with Gasteiger partial charge in [-0.25, -0.2) is 9.13 Å². The molecule has 0 aromatic carbocycles. The minimum absolute atomic E-state index is 0.106. The fourth-order valence-corrected chi connectivity index (χ4v) is 12.3. The van der Waals surface area contributed by atoms with Crippen molar-refractivity contribution in [2.75, 3.05) is 39.6 Å². The number of aliphatic hydroxyl groups excluding tert-OH is 1. The summed E-state index contributed by atoms with van der Waals surface area (Å²) in [6.45, 7) is 9.57. The number of hydrogen-bond acceptors (Lipinski definition) is 15. The van der Waals surface area contributed by atoms with Crippen molar-refractivity contribution in [2.45, 2.75) is 381 Å². The van der Waals surface area contributed by atoms with Gasteiger partial charge in [0.1, 0.15) is 19.3 Å². The molecule has 19 heteroatoms. The van der Waals surface area contributed by atoms with Crippen LogP contribution in [0.3, 0.4) is 0 Å². The minimum Gasteiger partial charge on any atom is -0.462 e. The highest BCUT2D eigenvalue weighted by atomic mass is 31.2. The molecule has 0 aliphatic carbocycles. The summed E-state index contributed by atoms with van der Waals surface area (Å²) in [5, 5.41) is 10.6. The number of aliphatic hydroxyl groups is 1. The Morgan fingerprint density at radius 2 is 0.567 bits per heavy atom. The molecule has 0 aromatic rings. The zero-order valence-electron chi connectivity index (χ0n) is 58.4. The largest absolute Gasteiger partial charge is 0.472 e. The van der Waals surface area contributed by atoms with Crippen molar-refractivity contribution in [1.29, 1.82) is 0 Å². The van der Waals surface area contributed by atoms with Crippen molar-refractivity contribution in [3.05, 3.63) is 0 Å². The van der Waals surface area contributed by atoms with Gasteiger partial charge in [-0.15, -0.1) is 0 Å². The number of esters is 4. The van der Waals surface area contributed by atoms with E-state index in [9.17, 15) is 43.2 Å². The number of rotatable bonds is 70. The summed E-state index contributed by atoms with van der Waals surface area (Å²) in [5.74, 6) is -0.574. The molecule has 0 spiro atoms. The fourth-order valence-electron chi connectivity index (χ4n) is 10.7. The summed E-state index contributed by atoms with van der Waals surface area (Å²) in [6.07, 6.45) is 48.3. The predicted molar refractivity (Wildman–Crippen MR) is 363 cm³/mol. The fraction of sp³-hybridized carbons (Fsp3) is 0.944. The number of phosphoric ester groups is 2. The molecule has 534 valence electrons. The van der Waals surface area contributed by atoms with Crippen LogP contribution in [0.5, 0.6) is 0 Å². The van der Waals surface area contributed by atoms with Crippen molar-refractivity contribution >= 4 is 39.5 Å². The Balaban J connectivity index is 5.26. The molecule has 17 nitrogen and oxygen atoms in total. The van der Waals surface area contributed by atoms with Crippen molar-refractivity contribution in [2.24, 2.45) is 11.8 Å². The van der Waals surface area contributed by atoms with Gasteiger partial charge in [-0.05, 0) is 37.5 Å². The van der Waals surface area contributed by atoms with E-state index in [0.29, 0.717) is 25.7 Å². The van der Waals surface area contributed by atoms with Gasteiger partial charge >= 0.3 is 39.5 Å². The molecule has 0 bridgehead atoms. The molecular formula is C71H138O17P2. The molecule has 0 amide bonds. The number of carbonyl (C=O) groups is 4. The first-order chi connectivity index (χ1) is 43.4. The summed E-state index contributed by atoms with van der Waals surface area (Å²) in [5.41, 5.74) is 0. The molecule has 3 unspecified atom stereocenters. The van der Waals surface area contributed by atoms with Crippen LogP contribution in [-0.2, 0) is 65.4 Å². The van der Waals surface area contributed by atoms with Crippen molar-refractivity contribution in [1.82, 2.24) is 0 Å². The van der Waals surface area contributed by atoms with E-state index in [1.165, 1.54) is 180 Å². The lowest BCUT2D eigenvalue weighted by Gasteiger charge is -2.21. The molecule has 0 saturated heterocycles. The lowest BCUT2D eigenvalue weighted by atomic mass is 9.99. The smallest absolute Gasteiger partial charge is 0.462 e. The van der Waals surface area contributed by atoms with Gasteiger partial charge < -0.3 is 33.8 Å². The van der Waals surface area contributed by atoms with Gasteiger partial charge in [0.2, 0.25) is 0 Å². The first-order valence-corrected chi connectivity index (χ1v) is 40.0. The average molecular weight is 1330 g/mol. The van der Waals surface area contributed by atoms with E-state index in [-0.39, 0.29) is 25.7 Å². The molecule has 0 saturated carbocycles. The number of phosphoric acid groups is 2. The highest BCUT2D eigenvalue weighted by Crippen LogP contribution is 2.45. The van der Waals surface area contributed by atoms with Crippen LogP contribution in [0, 0.1) is 11.8 Å². The van der Waals surface area contributed by atoms with Crippen LogP contribution in [0.1, 0.15) is 363 Å². The Bertz CT molecular complexity index is 1750. The summed E-state index contributed by atoms with van der Waals surface area (Å²) in [7, 11) is -9.90. The van der Waals surface area contributed by atoms with Gasteiger partial charge in [-0.3, -0.25) is 37.3 Å². The van der Waals surface area contributed by atoms with E-state index < -0.39 is 97.5 Å². The summed E-state index contributed by atoms with van der Waals surface area (Å²) >= 11 is 0. The van der Waals surface area contributed by atoms with Crippen LogP contribution in [0.25, 0.3) is 0 Å². The Kier molecular flexibility index (Phi) is 61.8. The summed E-state index contributed by atoms with van der Waals surface area (Å²) in [6, 6.07) is 0. The van der Waals surface area contributed by atoms with E-state index >= 15 is 0 Å². The molecule has 0 fully saturated rings. The molecule has 0 radical (unpaired) electrons. The SMILES string of the molecule is CCCCCCCCCCCCCCC(=O)OC[C@H](COP(=O)(O)OC[C@H](O)COP(=O)(O)OC[C@@H](COC(=O)CCCCCCCCCCCC(C)C)OC(=O)CCCCCCCCCCCCC(C)CC)OC(=O)CCCCCCCCCCCCCC. The number of unbranched alkanes of at least 4 members (excludes halogenated alkanes) is 39. The highest BCUT2D eigenvalue weighted by Gasteiger charge is 2.30. The van der Waals surface area contributed by atoms with Gasteiger partial charge in [-0.2, -0.15) is 0 Å². The van der Waals surface area contributed by atoms with E-state index in [2.05, 4.69) is 41.5 Å². The zero-order valence-corrected chi connectivity index (χ0v) is 60.2.